The van der Waals surface area contributed by atoms with Crippen molar-refractivity contribution in [2.24, 2.45) is 0 Å². The maximum atomic E-state index is 13.1. The Hall–Kier alpha value is -3.93. The van der Waals surface area contributed by atoms with E-state index in [4.69, 9.17) is 4.98 Å². The SMILES string of the molecule is CC(NC(=O)CCc1ccccc1)c1nc2ccccc2n1CC(=O)N(C)c1ccccc1. The molecule has 2 amide bonds. The van der Waals surface area contributed by atoms with Crippen LogP contribution in [0.15, 0.2) is 84.9 Å². The zero-order valence-electron chi connectivity index (χ0n) is 18.9. The maximum Gasteiger partial charge on any atom is 0.246 e. The highest BCUT2D eigenvalue weighted by Crippen LogP contribution is 2.22. The first-order chi connectivity index (χ1) is 16.0. The van der Waals surface area contributed by atoms with Gasteiger partial charge in [-0.1, -0.05) is 60.7 Å². The van der Waals surface area contributed by atoms with Gasteiger partial charge in [0.2, 0.25) is 11.8 Å². The molecule has 0 aliphatic rings. The van der Waals surface area contributed by atoms with Crippen LogP contribution in [0.2, 0.25) is 0 Å². The molecule has 1 unspecified atom stereocenters. The molecule has 0 bridgehead atoms. The Morgan fingerprint density at radius 3 is 2.30 bits per heavy atom. The number of imidazole rings is 1. The molecule has 0 spiro atoms. The van der Waals surface area contributed by atoms with Gasteiger partial charge in [0, 0.05) is 19.2 Å². The van der Waals surface area contributed by atoms with Crippen LogP contribution in [0.4, 0.5) is 5.69 Å². The van der Waals surface area contributed by atoms with Gasteiger partial charge in [-0.2, -0.15) is 0 Å². The summed E-state index contributed by atoms with van der Waals surface area (Å²) in [6, 6.07) is 26.9. The van der Waals surface area contributed by atoms with E-state index in [0.29, 0.717) is 18.7 Å². The first-order valence-corrected chi connectivity index (χ1v) is 11.1. The Kier molecular flexibility index (Phi) is 6.83. The van der Waals surface area contributed by atoms with E-state index in [9.17, 15) is 9.59 Å². The third-order valence-corrected chi connectivity index (χ3v) is 5.74. The average Bonchev–Trinajstić information content (AvgIpc) is 3.22. The second-order valence-electron chi connectivity index (χ2n) is 8.11. The zero-order valence-corrected chi connectivity index (χ0v) is 18.9. The van der Waals surface area contributed by atoms with E-state index in [1.165, 1.54) is 0 Å². The number of likely N-dealkylation sites (N-methyl/N-ethyl adjacent to an activating group) is 1. The molecule has 0 radical (unpaired) electrons. The van der Waals surface area contributed by atoms with E-state index in [1.54, 1.807) is 11.9 Å². The van der Waals surface area contributed by atoms with Gasteiger partial charge < -0.3 is 14.8 Å². The highest BCUT2D eigenvalue weighted by molar-refractivity contribution is 5.93. The van der Waals surface area contributed by atoms with Gasteiger partial charge in [0.25, 0.3) is 0 Å². The lowest BCUT2D eigenvalue weighted by atomic mass is 10.1. The van der Waals surface area contributed by atoms with Gasteiger partial charge >= 0.3 is 0 Å². The number of hydrogen-bond donors (Lipinski definition) is 1. The number of benzene rings is 3. The molecule has 4 aromatic rings. The summed E-state index contributed by atoms with van der Waals surface area (Å²) in [6.45, 7) is 2.04. The summed E-state index contributed by atoms with van der Waals surface area (Å²) >= 11 is 0. The molecule has 1 heterocycles. The summed E-state index contributed by atoms with van der Waals surface area (Å²) in [6.07, 6.45) is 1.07. The third kappa shape index (κ3) is 5.29. The minimum atomic E-state index is -0.337. The minimum absolute atomic E-state index is 0.0438. The Morgan fingerprint density at radius 1 is 0.939 bits per heavy atom. The lowest BCUT2D eigenvalue weighted by Crippen LogP contribution is -2.33. The molecule has 0 fully saturated rings. The molecule has 6 nitrogen and oxygen atoms in total. The number of carbonyl (C=O) groups is 2. The smallest absolute Gasteiger partial charge is 0.246 e. The number of hydrogen-bond acceptors (Lipinski definition) is 3. The van der Waals surface area contributed by atoms with Crippen molar-refractivity contribution >= 4 is 28.5 Å². The van der Waals surface area contributed by atoms with Gasteiger partial charge in [-0.25, -0.2) is 4.98 Å². The number of rotatable bonds is 8. The van der Waals surface area contributed by atoms with Gasteiger partial charge in [-0.05, 0) is 43.2 Å². The van der Waals surface area contributed by atoms with Gasteiger partial charge in [0.1, 0.15) is 12.4 Å². The van der Waals surface area contributed by atoms with Crippen LogP contribution in [-0.2, 0) is 22.6 Å². The Morgan fingerprint density at radius 2 is 1.58 bits per heavy atom. The molecule has 0 saturated heterocycles. The predicted octanol–water partition coefficient (Wildman–Crippen LogP) is 4.51. The second-order valence-corrected chi connectivity index (χ2v) is 8.11. The third-order valence-electron chi connectivity index (χ3n) is 5.74. The molecule has 0 aliphatic heterocycles. The highest BCUT2D eigenvalue weighted by atomic mass is 16.2. The molecule has 33 heavy (non-hydrogen) atoms. The van der Waals surface area contributed by atoms with Crippen molar-refractivity contribution in [3.63, 3.8) is 0 Å². The van der Waals surface area contributed by atoms with Gasteiger partial charge in [-0.15, -0.1) is 0 Å². The fourth-order valence-electron chi connectivity index (χ4n) is 3.91. The van der Waals surface area contributed by atoms with Crippen molar-refractivity contribution in [1.82, 2.24) is 14.9 Å². The lowest BCUT2D eigenvalue weighted by Gasteiger charge is -2.20. The molecule has 168 valence electrons. The first-order valence-electron chi connectivity index (χ1n) is 11.1. The van der Waals surface area contributed by atoms with Crippen LogP contribution < -0.4 is 10.2 Å². The molecule has 3 aromatic carbocycles. The van der Waals surface area contributed by atoms with Crippen molar-refractivity contribution in [3.05, 3.63) is 96.3 Å². The number of nitrogens with one attached hydrogen (secondary N) is 1. The molecule has 1 atom stereocenters. The van der Waals surface area contributed by atoms with Crippen LogP contribution in [0.1, 0.15) is 30.8 Å². The molecule has 4 rings (SSSR count). The quantitative estimate of drug-likeness (QED) is 0.438. The van der Waals surface area contributed by atoms with E-state index < -0.39 is 0 Å². The van der Waals surface area contributed by atoms with Crippen LogP contribution in [0, 0.1) is 0 Å². The minimum Gasteiger partial charge on any atom is -0.346 e. The number of carbonyl (C=O) groups excluding carboxylic acids is 2. The summed E-state index contributed by atoms with van der Waals surface area (Å²) < 4.78 is 1.90. The number of nitrogens with zero attached hydrogens (tertiary/aromatic N) is 3. The van der Waals surface area contributed by atoms with Gasteiger partial charge in [-0.3, -0.25) is 9.59 Å². The number of aromatic nitrogens is 2. The molecular weight excluding hydrogens is 412 g/mol. The first kappa shape index (κ1) is 22.3. The molecule has 1 aromatic heterocycles. The Balaban J connectivity index is 1.51. The van der Waals surface area contributed by atoms with Crippen LogP contribution in [0.25, 0.3) is 11.0 Å². The van der Waals surface area contributed by atoms with Crippen molar-refractivity contribution in [3.8, 4) is 0 Å². The summed E-state index contributed by atoms with van der Waals surface area (Å²) in [4.78, 5) is 32.1. The number of amides is 2. The summed E-state index contributed by atoms with van der Waals surface area (Å²) in [5, 5.41) is 3.05. The van der Waals surface area contributed by atoms with Crippen molar-refractivity contribution in [2.45, 2.75) is 32.4 Å². The van der Waals surface area contributed by atoms with Crippen LogP contribution in [0.5, 0.6) is 0 Å². The topological polar surface area (TPSA) is 67.2 Å². The van der Waals surface area contributed by atoms with Crippen molar-refractivity contribution in [2.75, 3.05) is 11.9 Å². The van der Waals surface area contributed by atoms with Crippen LogP contribution in [0.3, 0.4) is 0 Å². The van der Waals surface area contributed by atoms with E-state index in [1.807, 2.05) is 96.4 Å². The highest BCUT2D eigenvalue weighted by Gasteiger charge is 2.21. The number of para-hydroxylation sites is 3. The van der Waals surface area contributed by atoms with Crippen LogP contribution in [-0.4, -0.2) is 28.4 Å². The number of fused-ring (bicyclic) bond motifs is 1. The van der Waals surface area contributed by atoms with E-state index in [-0.39, 0.29) is 24.4 Å². The lowest BCUT2D eigenvalue weighted by molar-refractivity contribution is -0.121. The Bertz CT molecular complexity index is 1230. The van der Waals surface area contributed by atoms with Crippen molar-refractivity contribution in [1.29, 1.82) is 0 Å². The number of anilines is 1. The fraction of sp³-hybridized carbons (Fsp3) is 0.222. The fourth-order valence-corrected chi connectivity index (χ4v) is 3.91. The van der Waals surface area contributed by atoms with E-state index in [0.717, 1.165) is 22.3 Å². The second kappa shape index (κ2) is 10.1. The maximum absolute atomic E-state index is 13.1. The Labute approximate surface area is 193 Å². The number of aryl methyl sites for hydroxylation is 1. The molecule has 0 aliphatic carbocycles. The molecule has 1 N–H and O–H groups in total. The standard InChI is InChI=1S/C27H28N4O2/c1-20(28-25(32)18-17-21-11-5-3-6-12-21)27-29-23-15-9-10-16-24(23)31(27)19-26(33)30(2)22-13-7-4-8-14-22/h3-16,20H,17-19H2,1-2H3,(H,28,32). The van der Waals surface area contributed by atoms with Crippen molar-refractivity contribution < 1.29 is 9.59 Å². The summed E-state index contributed by atoms with van der Waals surface area (Å²) in [7, 11) is 1.77. The van der Waals surface area contributed by atoms with Gasteiger partial charge in [0.05, 0.1) is 17.1 Å². The predicted molar refractivity (Wildman–Crippen MR) is 131 cm³/mol. The zero-order chi connectivity index (χ0) is 23.2. The summed E-state index contributed by atoms with van der Waals surface area (Å²) in [5.41, 5.74) is 3.62. The van der Waals surface area contributed by atoms with E-state index >= 15 is 0 Å². The average molecular weight is 441 g/mol. The molecular formula is C27H28N4O2. The van der Waals surface area contributed by atoms with E-state index in [2.05, 4.69) is 5.32 Å². The van der Waals surface area contributed by atoms with Crippen LogP contribution >= 0.6 is 0 Å². The monoisotopic (exact) mass is 440 g/mol. The van der Waals surface area contributed by atoms with Gasteiger partial charge in [0.15, 0.2) is 0 Å². The molecule has 6 heteroatoms. The normalized spacial score (nSPS) is 11.8. The summed E-state index contributed by atoms with van der Waals surface area (Å²) in [5.74, 6) is 0.560. The molecule has 0 saturated carbocycles. The largest absolute Gasteiger partial charge is 0.346 e.